The van der Waals surface area contributed by atoms with E-state index in [-0.39, 0.29) is 11.7 Å². The Morgan fingerprint density at radius 3 is 2.58 bits per heavy atom. The van der Waals surface area contributed by atoms with Crippen LogP contribution in [0, 0.1) is 0 Å². The Labute approximate surface area is 194 Å². The van der Waals surface area contributed by atoms with E-state index in [1.165, 1.54) is 0 Å². The van der Waals surface area contributed by atoms with Gasteiger partial charge in [0.1, 0.15) is 5.76 Å². The summed E-state index contributed by atoms with van der Waals surface area (Å²) in [4.78, 5) is 24.7. The molecule has 0 bridgehead atoms. The van der Waals surface area contributed by atoms with Crippen molar-refractivity contribution in [2.24, 2.45) is 5.10 Å². The molecule has 4 aromatic rings. The molecule has 2 heterocycles. The molecule has 0 aliphatic heterocycles. The van der Waals surface area contributed by atoms with Crippen LogP contribution in [0.25, 0.3) is 0 Å². The van der Waals surface area contributed by atoms with Gasteiger partial charge in [-0.05, 0) is 61.0 Å². The predicted molar refractivity (Wildman–Crippen MR) is 126 cm³/mol. The van der Waals surface area contributed by atoms with Crippen LogP contribution in [0.15, 0.2) is 88.6 Å². The molecule has 2 N–H and O–H groups in total. The van der Waals surface area contributed by atoms with Gasteiger partial charge in [0.05, 0.1) is 12.3 Å². The lowest BCUT2D eigenvalue weighted by atomic mass is 10.1. The Kier molecular flexibility index (Phi) is 6.66. The number of hydrogen-bond donors (Lipinski definition) is 2. The fraction of sp³-hybridized carbons (Fsp3) is 0.0833. The number of nitrogens with one attached hydrogen (secondary N) is 2. The molecule has 0 aliphatic rings. The van der Waals surface area contributed by atoms with Crippen LogP contribution in [-0.4, -0.2) is 27.3 Å². The van der Waals surface area contributed by atoms with Crippen LogP contribution in [0.1, 0.15) is 39.2 Å². The van der Waals surface area contributed by atoms with Crippen LogP contribution in [-0.2, 0) is 6.54 Å². The zero-order valence-corrected chi connectivity index (χ0v) is 18.4. The van der Waals surface area contributed by atoms with Gasteiger partial charge in [-0.25, -0.2) is 5.43 Å². The first-order valence-electron chi connectivity index (χ1n) is 10.1. The highest BCUT2D eigenvalue weighted by molar-refractivity contribution is 6.31. The Morgan fingerprint density at radius 1 is 1.03 bits per heavy atom. The van der Waals surface area contributed by atoms with Crippen LogP contribution in [0.3, 0.4) is 0 Å². The van der Waals surface area contributed by atoms with Crippen LogP contribution < -0.4 is 10.7 Å². The quantitative estimate of drug-likeness (QED) is 0.310. The molecule has 9 heteroatoms. The van der Waals surface area contributed by atoms with Crippen molar-refractivity contribution < 1.29 is 14.0 Å². The van der Waals surface area contributed by atoms with Gasteiger partial charge in [-0.1, -0.05) is 29.8 Å². The van der Waals surface area contributed by atoms with Crippen LogP contribution >= 0.6 is 11.6 Å². The molecule has 33 heavy (non-hydrogen) atoms. The summed E-state index contributed by atoms with van der Waals surface area (Å²) in [6.45, 7) is 2.20. The molecule has 0 saturated carbocycles. The van der Waals surface area contributed by atoms with E-state index in [9.17, 15) is 9.59 Å². The molecule has 2 aromatic carbocycles. The smallest absolute Gasteiger partial charge is 0.307 e. The van der Waals surface area contributed by atoms with Crippen LogP contribution in [0.4, 0.5) is 5.69 Å². The van der Waals surface area contributed by atoms with Gasteiger partial charge >= 0.3 is 5.91 Å². The maximum absolute atomic E-state index is 12.3. The maximum Gasteiger partial charge on any atom is 0.307 e. The average molecular weight is 462 g/mol. The summed E-state index contributed by atoms with van der Waals surface area (Å²) in [5.41, 5.74) is 4.97. The molecule has 166 valence electrons. The first-order valence-corrected chi connectivity index (χ1v) is 10.4. The first-order chi connectivity index (χ1) is 16.0. The molecule has 0 spiro atoms. The van der Waals surface area contributed by atoms with Crippen molar-refractivity contribution in [2.45, 2.75) is 13.5 Å². The molecule has 8 nitrogen and oxygen atoms in total. The fourth-order valence-electron chi connectivity index (χ4n) is 3.02. The third-order valence-corrected chi connectivity index (χ3v) is 4.97. The van der Waals surface area contributed by atoms with E-state index >= 15 is 0 Å². The zero-order chi connectivity index (χ0) is 23.2. The monoisotopic (exact) mass is 461 g/mol. The molecule has 0 saturated heterocycles. The minimum absolute atomic E-state index is 0.160. The predicted octanol–water partition coefficient (Wildman–Crippen LogP) is 4.58. The van der Waals surface area contributed by atoms with E-state index in [4.69, 9.17) is 16.0 Å². The minimum Gasteiger partial charge on any atom is -0.454 e. The lowest BCUT2D eigenvalue weighted by Crippen LogP contribution is -2.18. The van der Waals surface area contributed by atoms with Gasteiger partial charge in [-0.15, -0.1) is 0 Å². The summed E-state index contributed by atoms with van der Waals surface area (Å²) < 4.78 is 7.26. The molecular formula is C24H20ClN5O3. The van der Waals surface area contributed by atoms with Gasteiger partial charge < -0.3 is 9.73 Å². The highest BCUT2D eigenvalue weighted by Gasteiger charge is 2.12. The van der Waals surface area contributed by atoms with E-state index in [1.54, 1.807) is 78.5 Å². The van der Waals surface area contributed by atoms with Gasteiger partial charge in [0, 0.05) is 28.7 Å². The SMILES string of the molecule is C/C(=N\NC(=O)c1ccc(Cn2cccn2)o1)c1ccc(NC(=O)c2cccc(Cl)c2)cc1. The highest BCUT2D eigenvalue weighted by atomic mass is 35.5. The number of rotatable bonds is 7. The fourth-order valence-corrected chi connectivity index (χ4v) is 3.21. The molecule has 0 atom stereocenters. The largest absolute Gasteiger partial charge is 0.454 e. The minimum atomic E-state index is -0.452. The molecule has 2 aromatic heterocycles. The summed E-state index contributed by atoms with van der Waals surface area (Å²) in [7, 11) is 0. The first kappa shape index (κ1) is 22.0. The van der Waals surface area contributed by atoms with Crippen molar-refractivity contribution in [1.82, 2.24) is 15.2 Å². The van der Waals surface area contributed by atoms with E-state index in [0.29, 0.717) is 34.3 Å². The number of furan rings is 1. The van der Waals surface area contributed by atoms with E-state index in [0.717, 1.165) is 5.56 Å². The second-order valence-electron chi connectivity index (χ2n) is 7.15. The van der Waals surface area contributed by atoms with Crippen molar-refractivity contribution in [3.8, 4) is 0 Å². The summed E-state index contributed by atoms with van der Waals surface area (Å²) >= 11 is 5.94. The molecule has 0 radical (unpaired) electrons. The Hall–Kier alpha value is -4.17. The van der Waals surface area contributed by atoms with Crippen LogP contribution in [0.5, 0.6) is 0 Å². The third-order valence-electron chi connectivity index (χ3n) is 4.73. The number of anilines is 1. The van der Waals surface area contributed by atoms with Crippen molar-refractivity contribution in [3.05, 3.63) is 107 Å². The summed E-state index contributed by atoms with van der Waals surface area (Å²) in [6, 6.07) is 19.0. The number of amides is 2. The van der Waals surface area contributed by atoms with Crippen molar-refractivity contribution in [1.29, 1.82) is 0 Å². The lowest BCUT2D eigenvalue weighted by molar-refractivity contribution is 0.0924. The summed E-state index contributed by atoms with van der Waals surface area (Å²) in [5.74, 6) is 0.0625. The molecule has 0 fully saturated rings. The van der Waals surface area contributed by atoms with Crippen molar-refractivity contribution >= 4 is 34.8 Å². The van der Waals surface area contributed by atoms with Gasteiger partial charge in [0.25, 0.3) is 5.91 Å². The maximum atomic E-state index is 12.3. The Bertz CT molecular complexity index is 1290. The normalized spacial score (nSPS) is 11.3. The van der Waals surface area contributed by atoms with E-state index in [1.807, 2.05) is 12.3 Å². The van der Waals surface area contributed by atoms with Gasteiger partial charge in [-0.2, -0.15) is 10.2 Å². The molecule has 2 amide bonds. The number of benzene rings is 2. The van der Waals surface area contributed by atoms with Crippen LogP contribution in [0.2, 0.25) is 5.02 Å². The van der Waals surface area contributed by atoms with E-state index in [2.05, 4.69) is 20.9 Å². The lowest BCUT2D eigenvalue weighted by Gasteiger charge is -2.07. The van der Waals surface area contributed by atoms with Gasteiger partial charge in [-0.3, -0.25) is 14.3 Å². The zero-order valence-electron chi connectivity index (χ0n) is 17.7. The summed E-state index contributed by atoms with van der Waals surface area (Å²) in [6.07, 6.45) is 3.48. The van der Waals surface area contributed by atoms with Crippen molar-refractivity contribution in [3.63, 3.8) is 0 Å². The van der Waals surface area contributed by atoms with E-state index < -0.39 is 5.91 Å². The van der Waals surface area contributed by atoms with Gasteiger partial charge in [0.15, 0.2) is 5.76 Å². The number of aromatic nitrogens is 2. The third kappa shape index (κ3) is 5.75. The molecular weight excluding hydrogens is 442 g/mol. The van der Waals surface area contributed by atoms with Gasteiger partial charge in [0.2, 0.25) is 0 Å². The number of carbonyl (C=O) groups is 2. The topological polar surface area (TPSA) is 102 Å². The Morgan fingerprint density at radius 2 is 1.85 bits per heavy atom. The number of hydrogen-bond acceptors (Lipinski definition) is 5. The average Bonchev–Trinajstić information content (AvgIpc) is 3.50. The second-order valence-corrected chi connectivity index (χ2v) is 7.59. The number of hydrazone groups is 1. The summed E-state index contributed by atoms with van der Waals surface area (Å²) in [5, 5.41) is 11.6. The molecule has 4 rings (SSSR count). The van der Waals surface area contributed by atoms with Crippen molar-refractivity contribution in [2.75, 3.05) is 5.32 Å². The molecule has 0 unspecified atom stereocenters. The highest BCUT2D eigenvalue weighted by Crippen LogP contribution is 2.15. The molecule has 0 aliphatic carbocycles. The standard InChI is InChI=1S/C24H20ClN5O3/c1-16(28-29-24(32)22-11-10-21(33-22)15-30-13-3-12-26-30)17-6-8-20(9-7-17)27-23(31)18-4-2-5-19(25)14-18/h2-14H,15H2,1H3,(H,27,31)(H,29,32)/b28-16+. The number of nitrogens with zero attached hydrogens (tertiary/aromatic N) is 3. The Balaban J connectivity index is 1.34. The second kappa shape index (κ2) is 9.97. The number of carbonyl (C=O) groups excluding carboxylic acids is 2. The number of halogens is 1.